The molecule has 0 aliphatic carbocycles. The lowest BCUT2D eigenvalue weighted by Crippen LogP contribution is -2.38. The standard InChI is InChI=1S/C13H24N4OS/c1-4-11-10-17-12(19-11)6-7-15-13(14-5-2)16-8-9-18-3/h10H,4-9H2,1-3H3,(H2,14,15,16). The van der Waals surface area contributed by atoms with E-state index in [1.165, 1.54) is 9.88 Å². The van der Waals surface area contributed by atoms with Crippen molar-refractivity contribution in [1.29, 1.82) is 0 Å². The Labute approximate surface area is 119 Å². The second-order valence-corrected chi connectivity index (χ2v) is 5.20. The summed E-state index contributed by atoms with van der Waals surface area (Å²) in [6, 6.07) is 0. The fourth-order valence-corrected chi connectivity index (χ4v) is 2.37. The molecule has 0 fully saturated rings. The number of hydrogen-bond acceptors (Lipinski definition) is 4. The van der Waals surface area contributed by atoms with Crippen LogP contribution < -0.4 is 10.6 Å². The number of methoxy groups -OCH3 is 1. The molecule has 0 unspecified atom stereocenters. The van der Waals surface area contributed by atoms with Gasteiger partial charge in [-0.1, -0.05) is 6.92 Å². The first-order chi connectivity index (χ1) is 9.30. The minimum Gasteiger partial charge on any atom is -0.383 e. The number of aryl methyl sites for hydroxylation is 1. The van der Waals surface area contributed by atoms with E-state index in [0.29, 0.717) is 13.2 Å². The van der Waals surface area contributed by atoms with Gasteiger partial charge in [0.15, 0.2) is 5.96 Å². The van der Waals surface area contributed by atoms with Gasteiger partial charge in [0.1, 0.15) is 0 Å². The first kappa shape index (κ1) is 15.9. The number of aliphatic imine (C=N–C) groups is 1. The monoisotopic (exact) mass is 284 g/mol. The third kappa shape index (κ3) is 6.54. The SMILES string of the molecule is CCNC(=NCCOC)NCCc1ncc(CC)s1. The molecule has 0 saturated carbocycles. The van der Waals surface area contributed by atoms with Crippen molar-refractivity contribution < 1.29 is 4.74 Å². The topological polar surface area (TPSA) is 58.5 Å². The predicted octanol–water partition coefficient (Wildman–Crippen LogP) is 1.45. The molecule has 0 atom stereocenters. The fourth-order valence-electron chi connectivity index (χ4n) is 1.51. The molecule has 6 heteroatoms. The predicted molar refractivity (Wildman–Crippen MR) is 81.1 cm³/mol. The lowest BCUT2D eigenvalue weighted by molar-refractivity contribution is 0.208. The summed E-state index contributed by atoms with van der Waals surface area (Å²) in [4.78, 5) is 10.2. The smallest absolute Gasteiger partial charge is 0.191 e. The lowest BCUT2D eigenvalue weighted by Gasteiger charge is -2.10. The maximum atomic E-state index is 4.99. The molecule has 0 aromatic carbocycles. The average molecular weight is 284 g/mol. The molecular weight excluding hydrogens is 260 g/mol. The molecule has 5 nitrogen and oxygen atoms in total. The Balaban J connectivity index is 2.32. The minimum atomic E-state index is 0.642. The third-order valence-electron chi connectivity index (χ3n) is 2.49. The number of nitrogens with one attached hydrogen (secondary N) is 2. The Hall–Kier alpha value is -1.14. The number of guanidine groups is 1. The maximum absolute atomic E-state index is 4.99. The van der Waals surface area contributed by atoms with E-state index in [2.05, 4.69) is 34.5 Å². The van der Waals surface area contributed by atoms with Crippen molar-refractivity contribution in [2.75, 3.05) is 33.4 Å². The molecule has 0 aliphatic rings. The number of thiazole rings is 1. The summed E-state index contributed by atoms with van der Waals surface area (Å²) in [6.07, 6.45) is 3.96. The zero-order valence-electron chi connectivity index (χ0n) is 12.0. The highest BCUT2D eigenvalue weighted by Gasteiger charge is 2.01. The molecule has 0 radical (unpaired) electrons. The molecule has 0 aliphatic heterocycles. The zero-order chi connectivity index (χ0) is 13.9. The third-order valence-corrected chi connectivity index (χ3v) is 3.69. The van der Waals surface area contributed by atoms with Crippen molar-refractivity contribution in [2.24, 2.45) is 4.99 Å². The summed E-state index contributed by atoms with van der Waals surface area (Å²) in [5, 5.41) is 7.69. The van der Waals surface area contributed by atoms with Crippen LogP contribution in [0.4, 0.5) is 0 Å². The van der Waals surface area contributed by atoms with Gasteiger partial charge in [-0.05, 0) is 13.3 Å². The first-order valence-corrected chi connectivity index (χ1v) is 7.56. The first-order valence-electron chi connectivity index (χ1n) is 6.74. The number of hydrogen-bond donors (Lipinski definition) is 2. The number of ether oxygens (including phenoxy) is 1. The van der Waals surface area contributed by atoms with E-state index in [1.807, 2.05) is 6.20 Å². The van der Waals surface area contributed by atoms with Crippen molar-refractivity contribution in [3.05, 3.63) is 16.1 Å². The van der Waals surface area contributed by atoms with E-state index in [1.54, 1.807) is 18.4 Å². The second-order valence-electron chi connectivity index (χ2n) is 4.00. The van der Waals surface area contributed by atoms with Crippen LogP contribution in [0.2, 0.25) is 0 Å². The highest BCUT2D eigenvalue weighted by atomic mass is 32.1. The van der Waals surface area contributed by atoms with Crippen molar-refractivity contribution in [3.8, 4) is 0 Å². The van der Waals surface area contributed by atoms with Crippen molar-refractivity contribution in [2.45, 2.75) is 26.7 Å². The Kier molecular flexibility index (Phi) is 8.16. The molecule has 2 N–H and O–H groups in total. The van der Waals surface area contributed by atoms with Crippen molar-refractivity contribution >= 4 is 17.3 Å². The molecule has 1 rings (SSSR count). The molecule has 0 bridgehead atoms. The van der Waals surface area contributed by atoms with Crippen LogP contribution in [0.15, 0.2) is 11.2 Å². The van der Waals surface area contributed by atoms with Crippen LogP contribution in [-0.2, 0) is 17.6 Å². The fraction of sp³-hybridized carbons (Fsp3) is 0.692. The summed E-state index contributed by atoms with van der Waals surface area (Å²) >= 11 is 1.79. The number of nitrogens with zero attached hydrogens (tertiary/aromatic N) is 2. The van der Waals surface area contributed by atoms with E-state index in [0.717, 1.165) is 31.9 Å². The van der Waals surface area contributed by atoms with Crippen LogP contribution >= 0.6 is 11.3 Å². The van der Waals surface area contributed by atoms with E-state index in [-0.39, 0.29) is 0 Å². The second kappa shape index (κ2) is 9.75. The van der Waals surface area contributed by atoms with E-state index < -0.39 is 0 Å². The number of rotatable bonds is 8. The van der Waals surface area contributed by atoms with Gasteiger partial charge < -0.3 is 15.4 Å². The molecule has 108 valence electrons. The van der Waals surface area contributed by atoms with Gasteiger partial charge in [-0.3, -0.25) is 4.99 Å². The molecule has 1 aromatic heterocycles. The van der Waals surface area contributed by atoms with Gasteiger partial charge in [0.05, 0.1) is 18.2 Å². The van der Waals surface area contributed by atoms with Crippen LogP contribution in [0.3, 0.4) is 0 Å². The van der Waals surface area contributed by atoms with Gasteiger partial charge in [-0.15, -0.1) is 11.3 Å². The summed E-state index contributed by atoms with van der Waals surface area (Å²) in [5.74, 6) is 0.840. The van der Waals surface area contributed by atoms with Crippen molar-refractivity contribution in [3.63, 3.8) is 0 Å². The molecular formula is C13H24N4OS. The minimum absolute atomic E-state index is 0.642. The van der Waals surface area contributed by atoms with Gasteiger partial charge in [0, 0.05) is 37.7 Å². The Bertz CT molecular complexity index is 378. The van der Waals surface area contributed by atoms with Crippen LogP contribution in [0.1, 0.15) is 23.7 Å². The maximum Gasteiger partial charge on any atom is 0.191 e. The summed E-state index contributed by atoms with van der Waals surface area (Å²) in [5.41, 5.74) is 0. The van der Waals surface area contributed by atoms with E-state index in [4.69, 9.17) is 4.74 Å². The van der Waals surface area contributed by atoms with Crippen LogP contribution in [0.25, 0.3) is 0 Å². The normalized spacial score (nSPS) is 11.6. The molecule has 0 saturated heterocycles. The van der Waals surface area contributed by atoms with Gasteiger partial charge in [0.25, 0.3) is 0 Å². The average Bonchev–Trinajstić information content (AvgIpc) is 2.87. The highest BCUT2D eigenvalue weighted by molar-refractivity contribution is 7.11. The summed E-state index contributed by atoms with van der Waals surface area (Å²) in [7, 11) is 1.68. The van der Waals surface area contributed by atoms with Gasteiger partial charge >= 0.3 is 0 Å². The van der Waals surface area contributed by atoms with Crippen LogP contribution in [-0.4, -0.2) is 44.3 Å². The van der Waals surface area contributed by atoms with E-state index in [9.17, 15) is 0 Å². The van der Waals surface area contributed by atoms with Gasteiger partial charge in [-0.25, -0.2) is 4.98 Å². The zero-order valence-corrected chi connectivity index (χ0v) is 12.8. The van der Waals surface area contributed by atoms with Crippen molar-refractivity contribution in [1.82, 2.24) is 15.6 Å². The molecule has 19 heavy (non-hydrogen) atoms. The highest BCUT2D eigenvalue weighted by Crippen LogP contribution is 2.13. The Morgan fingerprint density at radius 3 is 2.89 bits per heavy atom. The van der Waals surface area contributed by atoms with Crippen LogP contribution in [0.5, 0.6) is 0 Å². The van der Waals surface area contributed by atoms with E-state index >= 15 is 0 Å². The summed E-state index contributed by atoms with van der Waals surface area (Å²) in [6.45, 7) is 7.22. The lowest BCUT2D eigenvalue weighted by atomic mass is 10.4. The molecule has 0 spiro atoms. The molecule has 1 heterocycles. The molecule has 1 aromatic rings. The Morgan fingerprint density at radius 2 is 2.26 bits per heavy atom. The van der Waals surface area contributed by atoms with Gasteiger partial charge in [0.2, 0.25) is 0 Å². The summed E-state index contributed by atoms with van der Waals surface area (Å²) < 4.78 is 4.99. The largest absolute Gasteiger partial charge is 0.383 e. The van der Waals surface area contributed by atoms with Gasteiger partial charge in [-0.2, -0.15) is 0 Å². The number of aromatic nitrogens is 1. The Morgan fingerprint density at radius 1 is 1.42 bits per heavy atom. The quantitative estimate of drug-likeness (QED) is 0.431. The van der Waals surface area contributed by atoms with Crippen LogP contribution in [0, 0.1) is 0 Å². The molecule has 0 amide bonds.